The molecule has 1 fully saturated rings. The molecule has 0 atom stereocenters. The Morgan fingerprint density at radius 2 is 1.84 bits per heavy atom. The number of carbonyl (C=O) groups excluding carboxylic acids is 3. The minimum absolute atomic E-state index is 0.0441. The molecule has 0 unspecified atom stereocenters. The number of rotatable bonds is 5. The van der Waals surface area contributed by atoms with E-state index < -0.39 is 5.60 Å². The average Bonchev–Trinajstić information content (AvgIpc) is 2.77. The first kappa shape index (κ1) is 21.1. The summed E-state index contributed by atoms with van der Waals surface area (Å²) in [4.78, 5) is 39.7. The number of fused-ring (bicyclic) bond motifs is 1. The van der Waals surface area contributed by atoms with Gasteiger partial charge in [-0.15, -0.1) is 0 Å². The maximum atomic E-state index is 12.7. The minimum atomic E-state index is -0.535. The van der Waals surface area contributed by atoms with Crippen LogP contribution < -0.4 is 9.47 Å². The molecule has 0 N–H and O–H groups in total. The summed E-state index contributed by atoms with van der Waals surface area (Å²) in [5.41, 5.74) is 1.59. The number of piperidine rings is 1. The molecule has 0 radical (unpaired) electrons. The number of benzene rings is 2. The Balaban J connectivity index is 1.34. The van der Waals surface area contributed by atoms with Crippen LogP contribution in [-0.2, 0) is 4.79 Å². The highest BCUT2D eigenvalue weighted by Crippen LogP contribution is 2.39. The number of amides is 1. The van der Waals surface area contributed by atoms with Crippen molar-refractivity contribution in [3.63, 3.8) is 0 Å². The molecule has 0 aliphatic carbocycles. The molecule has 4 rings (SSSR count). The van der Waals surface area contributed by atoms with Crippen LogP contribution in [0.3, 0.4) is 0 Å². The molecular formula is C25H27NO5. The quantitative estimate of drug-likeness (QED) is 0.683. The van der Waals surface area contributed by atoms with Crippen molar-refractivity contribution in [2.75, 3.05) is 20.2 Å². The molecule has 2 aliphatic rings. The molecule has 1 amide bonds. The van der Waals surface area contributed by atoms with Crippen LogP contribution in [0, 0.1) is 6.92 Å². The van der Waals surface area contributed by atoms with E-state index in [-0.39, 0.29) is 30.3 Å². The zero-order valence-electron chi connectivity index (χ0n) is 18.0. The predicted molar refractivity (Wildman–Crippen MR) is 116 cm³/mol. The van der Waals surface area contributed by atoms with E-state index in [4.69, 9.17) is 9.47 Å². The first-order valence-corrected chi connectivity index (χ1v) is 10.7. The number of para-hydroxylation sites is 1. The third kappa shape index (κ3) is 4.33. The van der Waals surface area contributed by atoms with Crippen molar-refractivity contribution in [1.29, 1.82) is 0 Å². The number of hydrogen-bond acceptors (Lipinski definition) is 5. The standard InChI is InChI=1S/C25H27NO5/c1-17-7-9-22(30-2)19(15-17)20(27)8-10-24(29)26-13-11-25(12-14-26)16-21(28)18-5-3-4-6-23(18)31-25/h3-7,9,15H,8,10-14,16H2,1-2H3. The van der Waals surface area contributed by atoms with E-state index in [1.54, 1.807) is 23.1 Å². The lowest BCUT2D eigenvalue weighted by Gasteiger charge is -2.44. The zero-order valence-corrected chi connectivity index (χ0v) is 18.0. The van der Waals surface area contributed by atoms with E-state index in [0.717, 1.165) is 5.56 Å². The van der Waals surface area contributed by atoms with Gasteiger partial charge in [-0.1, -0.05) is 23.8 Å². The van der Waals surface area contributed by atoms with Crippen LogP contribution in [0.2, 0.25) is 0 Å². The number of likely N-dealkylation sites (tertiary alicyclic amines) is 1. The molecule has 0 bridgehead atoms. The van der Waals surface area contributed by atoms with Crippen molar-refractivity contribution >= 4 is 17.5 Å². The van der Waals surface area contributed by atoms with Gasteiger partial charge in [-0.3, -0.25) is 14.4 Å². The summed E-state index contributed by atoms with van der Waals surface area (Å²) in [5.74, 6) is 1.12. The summed E-state index contributed by atoms with van der Waals surface area (Å²) in [6.45, 7) is 2.97. The lowest BCUT2D eigenvalue weighted by atomic mass is 9.82. The van der Waals surface area contributed by atoms with Crippen LogP contribution in [0.25, 0.3) is 0 Å². The Kier molecular flexibility index (Phi) is 5.81. The molecule has 2 aromatic carbocycles. The molecule has 2 aliphatic heterocycles. The molecule has 6 nitrogen and oxygen atoms in total. The van der Waals surface area contributed by atoms with Crippen molar-refractivity contribution in [3.8, 4) is 11.5 Å². The molecule has 162 valence electrons. The van der Waals surface area contributed by atoms with Gasteiger partial charge in [0.1, 0.15) is 17.1 Å². The Morgan fingerprint density at radius 1 is 1.10 bits per heavy atom. The van der Waals surface area contributed by atoms with Crippen LogP contribution in [-0.4, -0.2) is 48.2 Å². The number of ether oxygens (including phenoxy) is 2. The number of nitrogens with zero attached hydrogens (tertiary/aromatic N) is 1. The van der Waals surface area contributed by atoms with Crippen LogP contribution in [0.5, 0.6) is 11.5 Å². The molecule has 0 saturated carbocycles. The first-order chi connectivity index (χ1) is 14.9. The fraction of sp³-hybridized carbons (Fsp3) is 0.400. The summed E-state index contributed by atoms with van der Waals surface area (Å²) in [5, 5.41) is 0. The molecule has 1 spiro atoms. The molecule has 1 saturated heterocycles. The summed E-state index contributed by atoms with van der Waals surface area (Å²) in [6, 6.07) is 12.8. The van der Waals surface area contributed by atoms with E-state index >= 15 is 0 Å². The van der Waals surface area contributed by atoms with E-state index in [1.807, 2.05) is 31.2 Å². The second-order valence-electron chi connectivity index (χ2n) is 8.39. The summed E-state index contributed by atoms with van der Waals surface area (Å²) >= 11 is 0. The largest absolute Gasteiger partial charge is 0.496 e. The molecule has 6 heteroatoms. The Bertz CT molecular complexity index is 1020. The number of hydrogen-bond donors (Lipinski definition) is 0. The predicted octanol–water partition coefficient (Wildman–Crippen LogP) is 3.99. The zero-order chi connectivity index (χ0) is 22.0. The number of methoxy groups -OCH3 is 1. The van der Waals surface area contributed by atoms with Crippen molar-refractivity contribution in [1.82, 2.24) is 4.90 Å². The van der Waals surface area contributed by atoms with Gasteiger partial charge in [-0.05, 0) is 31.2 Å². The lowest BCUT2D eigenvalue weighted by molar-refractivity contribution is -0.134. The summed E-state index contributed by atoms with van der Waals surface area (Å²) < 4.78 is 11.5. The first-order valence-electron chi connectivity index (χ1n) is 10.7. The van der Waals surface area contributed by atoms with E-state index in [2.05, 4.69) is 0 Å². The van der Waals surface area contributed by atoms with Crippen molar-refractivity contribution in [3.05, 3.63) is 59.2 Å². The Hall–Kier alpha value is -3.15. The van der Waals surface area contributed by atoms with Gasteiger partial charge in [0.05, 0.1) is 24.7 Å². The SMILES string of the molecule is COc1ccc(C)cc1C(=O)CCC(=O)N1CCC2(CC1)CC(=O)c1ccccc1O2. The van der Waals surface area contributed by atoms with Gasteiger partial charge in [-0.2, -0.15) is 0 Å². The normalized spacial score (nSPS) is 17.1. The van der Waals surface area contributed by atoms with Gasteiger partial charge in [-0.25, -0.2) is 0 Å². The van der Waals surface area contributed by atoms with Crippen LogP contribution in [0.15, 0.2) is 42.5 Å². The average molecular weight is 421 g/mol. The highest BCUT2D eigenvalue weighted by Gasteiger charge is 2.43. The Morgan fingerprint density at radius 3 is 2.58 bits per heavy atom. The lowest BCUT2D eigenvalue weighted by Crippen LogP contribution is -2.52. The van der Waals surface area contributed by atoms with E-state index in [0.29, 0.717) is 55.0 Å². The van der Waals surface area contributed by atoms with E-state index in [9.17, 15) is 14.4 Å². The molecule has 31 heavy (non-hydrogen) atoms. The second kappa shape index (κ2) is 8.53. The molecule has 2 heterocycles. The fourth-order valence-corrected chi connectivity index (χ4v) is 4.44. The van der Waals surface area contributed by atoms with Crippen LogP contribution in [0.1, 0.15) is 58.4 Å². The molecular weight excluding hydrogens is 394 g/mol. The van der Waals surface area contributed by atoms with Gasteiger partial charge in [0.15, 0.2) is 11.6 Å². The third-order valence-corrected chi connectivity index (χ3v) is 6.25. The fourth-order valence-electron chi connectivity index (χ4n) is 4.44. The van der Waals surface area contributed by atoms with Crippen molar-refractivity contribution in [2.24, 2.45) is 0 Å². The highest BCUT2D eigenvalue weighted by molar-refractivity contribution is 6.01. The van der Waals surface area contributed by atoms with Gasteiger partial charge in [0.2, 0.25) is 5.91 Å². The number of ketones is 2. The minimum Gasteiger partial charge on any atom is -0.496 e. The molecule has 2 aromatic rings. The Labute approximate surface area is 182 Å². The highest BCUT2D eigenvalue weighted by atomic mass is 16.5. The van der Waals surface area contributed by atoms with Gasteiger partial charge in [0, 0.05) is 38.8 Å². The monoisotopic (exact) mass is 421 g/mol. The van der Waals surface area contributed by atoms with Gasteiger partial charge >= 0.3 is 0 Å². The molecule has 0 aromatic heterocycles. The van der Waals surface area contributed by atoms with Crippen LogP contribution in [0.4, 0.5) is 0 Å². The third-order valence-electron chi connectivity index (χ3n) is 6.25. The second-order valence-corrected chi connectivity index (χ2v) is 8.39. The van der Waals surface area contributed by atoms with E-state index in [1.165, 1.54) is 7.11 Å². The smallest absolute Gasteiger partial charge is 0.223 e. The number of aryl methyl sites for hydroxylation is 1. The summed E-state index contributed by atoms with van der Waals surface area (Å²) in [7, 11) is 1.53. The maximum absolute atomic E-state index is 12.7. The van der Waals surface area contributed by atoms with Crippen molar-refractivity contribution < 1.29 is 23.9 Å². The topological polar surface area (TPSA) is 72.9 Å². The van der Waals surface area contributed by atoms with Gasteiger partial charge < -0.3 is 14.4 Å². The number of carbonyl (C=O) groups is 3. The van der Waals surface area contributed by atoms with Crippen molar-refractivity contribution in [2.45, 2.75) is 44.6 Å². The van der Waals surface area contributed by atoms with Gasteiger partial charge in [0.25, 0.3) is 0 Å². The maximum Gasteiger partial charge on any atom is 0.223 e. The summed E-state index contributed by atoms with van der Waals surface area (Å²) in [6.07, 6.45) is 1.86. The number of Topliss-reactive ketones (excluding diaryl/α,β-unsaturated/α-hetero) is 2. The van der Waals surface area contributed by atoms with Crippen LogP contribution >= 0.6 is 0 Å².